The van der Waals surface area contributed by atoms with Crippen molar-refractivity contribution in [2.45, 2.75) is 24.8 Å². The van der Waals surface area contributed by atoms with Crippen LogP contribution < -0.4 is 10.5 Å². The topological polar surface area (TPSA) is 90.0 Å². The maximum absolute atomic E-state index is 12.5. The number of nitrogen functional groups attached to an aromatic ring is 1. The lowest BCUT2D eigenvalue weighted by Gasteiger charge is -2.15. The van der Waals surface area contributed by atoms with E-state index in [1.54, 1.807) is 45.2 Å². The summed E-state index contributed by atoms with van der Waals surface area (Å²) in [5.74, 6) is -0.00851. The molecule has 0 fully saturated rings. The first-order valence-corrected chi connectivity index (χ1v) is 8.15. The van der Waals surface area contributed by atoms with Gasteiger partial charge in [-0.3, -0.25) is 4.68 Å². The summed E-state index contributed by atoms with van der Waals surface area (Å²) in [6.45, 7) is 3.41. The highest BCUT2D eigenvalue weighted by atomic mass is 35.5. The number of rotatable bonds is 4. The molecular weight excluding hydrogens is 312 g/mol. The third kappa shape index (κ3) is 3.20. The number of nitrogens with two attached hydrogens (primary N) is 1. The van der Waals surface area contributed by atoms with E-state index in [1.807, 2.05) is 0 Å². The quantitative estimate of drug-likeness (QED) is 0.898. The highest BCUT2D eigenvalue weighted by Gasteiger charge is 2.26. The van der Waals surface area contributed by atoms with Crippen LogP contribution in [-0.2, 0) is 17.1 Å². The highest BCUT2D eigenvalue weighted by molar-refractivity contribution is 7.89. The molecule has 1 aromatic heterocycles. The maximum atomic E-state index is 12.5. The summed E-state index contributed by atoms with van der Waals surface area (Å²) < 4.78 is 29.0. The Hall–Kier alpha value is -1.57. The van der Waals surface area contributed by atoms with Crippen LogP contribution in [0.3, 0.4) is 0 Å². The predicted octanol–water partition coefficient (Wildman–Crippen LogP) is 2.00. The summed E-state index contributed by atoms with van der Waals surface area (Å²) >= 11 is 5.82. The van der Waals surface area contributed by atoms with Crippen LogP contribution in [0.15, 0.2) is 29.2 Å². The van der Waals surface area contributed by atoms with Crippen molar-refractivity contribution in [1.82, 2.24) is 14.5 Å². The second-order valence-corrected chi connectivity index (χ2v) is 6.91. The zero-order valence-corrected chi connectivity index (χ0v) is 13.5. The number of aromatic nitrogens is 2. The average molecular weight is 329 g/mol. The summed E-state index contributed by atoms with van der Waals surface area (Å²) in [4.78, 5) is 0.0193. The molecule has 114 valence electrons. The Bertz CT molecular complexity index is 753. The Kier molecular flexibility index (Phi) is 4.27. The van der Waals surface area contributed by atoms with Gasteiger partial charge in [-0.1, -0.05) is 23.7 Å². The van der Waals surface area contributed by atoms with Gasteiger partial charge in [0.25, 0.3) is 0 Å². The standard InChI is InChI=1S/C13H17ClN4O2S/c1-8(10-4-6-11(14)7-5-10)17-21(19,20)12-9(2)18(3)16-13(12)15/h4-8,17H,1-3H3,(H2,15,16). The number of hydrogen-bond donors (Lipinski definition) is 2. The molecule has 1 aromatic carbocycles. The van der Waals surface area contributed by atoms with Crippen LogP contribution in [0.4, 0.5) is 5.82 Å². The van der Waals surface area contributed by atoms with E-state index in [0.717, 1.165) is 5.56 Å². The molecule has 3 N–H and O–H groups in total. The minimum absolute atomic E-state index is 0.00851. The molecule has 1 heterocycles. The number of halogens is 1. The van der Waals surface area contributed by atoms with Crippen molar-refractivity contribution in [1.29, 1.82) is 0 Å². The van der Waals surface area contributed by atoms with Crippen molar-refractivity contribution in [3.8, 4) is 0 Å². The van der Waals surface area contributed by atoms with E-state index in [9.17, 15) is 8.42 Å². The van der Waals surface area contributed by atoms with Gasteiger partial charge in [0.1, 0.15) is 4.90 Å². The van der Waals surface area contributed by atoms with Crippen molar-refractivity contribution in [2.75, 3.05) is 5.73 Å². The monoisotopic (exact) mass is 328 g/mol. The maximum Gasteiger partial charge on any atom is 0.246 e. The minimum atomic E-state index is -3.75. The van der Waals surface area contributed by atoms with Crippen molar-refractivity contribution in [3.63, 3.8) is 0 Å². The number of nitrogens with one attached hydrogen (secondary N) is 1. The van der Waals surface area contributed by atoms with Gasteiger partial charge in [-0.2, -0.15) is 5.10 Å². The van der Waals surface area contributed by atoms with Crippen LogP contribution in [-0.4, -0.2) is 18.2 Å². The number of sulfonamides is 1. The molecule has 1 atom stereocenters. The van der Waals surface area contributed by atoms with Gasteiger partial charge in [-0.15, -0.1) is 0 Å². The first-order chi connectivity index (χ1) is 9.72. The van der Waals surface area contributed by atoms with Crippen molar-refractivity contribution < 1.29 is 8.42 Å². The van der Waals surface area contributed by atoms with Crippen LogP contribution in [0.1, 0.15) is 24.2 Å². The Morgan fingerprint density at radius 2 is 1.90 bits per heavy atom. The van der Waals surface area contributed by atoms with Crippen LogP contribution in [0.2, 0.25) is 5.02 Å². The van der Waals surface area contributed by atoms with Crippen molar-refractivity contribution in [3.05, 3.63) is 40.5 Å². The fourth-order valence-electron chi connectivity index (χ4n) is 2.06. The molecule has 8 heteroatoms. The molecule has 2 aromatic rings. The molecule has 0 spiro atoms. The van der Waals surface area contributed by atoms with E-state index >= 15 is 0 Å². The summed E-state index contributed by atoms with van der Waals surface area (Å²) in [5.41, 5.74) is 6.99. The van der Waals surface area contributed by atoms with Gasteiger partial charge in [0, 0.05) is 18.1 Å². The molecule has 21 heavy (non-hydrogen) atoms. The number of benzene rings is 1. The van der Waals surface area contributed by atoms with E-state index in [-0.39, 0.29) is 10.7 Å². The summed E-state index contributed by atoms with van der Waals surface area (Å²) in [6, 6.07) is 6.56. The Morgan fingerprint density at radius 1 is 1.33 bits per heavy atom. The summed E-state index contributed by atoms with van der Waals surface area (Å²) in [7, 11) is -2.10. The van der Waals surface area contributed by atoms with Gasteiger partial charge in [0.2, 0.25) is 10.0 Å². The number of anilines is 1. The van der Waals surface area contributed by atoms with E-state index in [4.69, 9.17) is 17.3 Å². The Morgan fingerprint density at radius 3 is 2.38 bits per heavy atom. The fourth-order valence-corrected chi connectivity index (χ4v) is 3.74. The SMILES string of the molecule is Cc1c(S(=O)(=O)NC(C)c2ccc(Cl)cc2)c(N)nn1C. The average Bonchev–Trinajstić information content (AvgIpc) is 2.63. The van der Waals surface area contributed by atoms with Crippen molar-refractivity contribution in [2.24, 2.45) is 7.05 Å². The van der Waals surface area contributed by atoms with E-state index in [2.05, 4.69) is 9.82 Å². The molecule has 6 nitrogen and oxygen atoms in total. The molecule has 0 amide bonds. The second kappa shape index (κ2) is 5.67. The first-order valence-electron chi connectivity index (χ1n) is 6.29. The van der Waals surface area contributed by atoms with Gasteiger partial charge in [-0.25, -0.2) is 13.1 Å². The lowest BCUT2D eigenvalue weighted by molar-refractivity contribution is 0.566. The molecule has 0 aliphatic rings. The molecule has 0 bridgehead atoms. The lowest BCUT2D eigenvalue weighted by Crippen LogP contribution is -2.27. The first kappa shape index (κ1) is 15.8. The fraction of sp³-hybridized carbons (Fsp3) is 0.308. The second-order valence-electron chi connectivity index (χ2n) is 4.82. The smallest absolute Gasteiger partial charge is 0.246 e. The lowest BCUT2D eigenvalue weighted by atomic mass is 10.1. The predicted molar refractivity (Wildman–Crippen MR) is 82.5 cm³/mol. The molecule has 1 unspecified atom stereocenters. The van der Waals surface area contributed by atoms with E-state index in [1.165, 1.54) is 4.68 Å². The minimum Gasteiger partial charge on any atom is -0.381 e. The molecule has 2 rings (SSSR count). The van der Waals surface area contributed by atoms with Crippen LogP contribution in [0.5, 0.6) is 0 Å². The van der Waals surface area contributed by atoms with Gasteiger partial charge in [0.15, 0.2) is 5.82 Å². The highest BCUT2D eigenvalue weighted by Crippen LogP contribution is 2.24. The molecule has 0 saturated carbocycles. The number of aryl methyl sites for hydroxylation is 1. The third-order valence-electron chi connectivity index (χ3n) is 3.28. The molecule has 0 saturated heterocycles. The summed E-state index contributed by atoms with van der Waals surface area (Å²) in [5, 5.41) is 4.52. The van der Waals surface area contributed by atoms with Gasteiger partial charge < -0.3 is 5.73 Å². The van der Waals surface area contributed by atoms with Crippen LogP contribution >= 0.6 is 11.6 Å². The molecule has 0 aliphatic heterocycles. The zero-order valence-electron chi connectivity index (χ0n) is 12.0. The molecular formula is C13H17ClN4O2S. The van der Waals surface area contributed by atoms with Gasteiger partial charge in [-0.05, 0) is 31.5 Å². The molecule has 0 radical (unpaired) electrons. The van der Waals surface area contributed by atoms with Gasteiger partial charge >= 0.3 is 0 Å². The van der Waals surface area contributed by atoms with Crippen molar-refractivity contribution >= 4 is 27.4 Å². The van der Waals surface area contributed by atoms with Crippen LogP contribution in [0, 0.1) is 6.92 Å². The van der Waals surface area contributed by atoms with E-state index < -0.39 is 16.1 Å². The Balaban J connectivity index is 2.31. The number of nitrogens with zero attached hydrogens (tertiary/aromatic N) is 2. The van der Waals surface area contributed by atoms with Crippen LogP contribution in [0.25, 0.3) is 0 Å². The van der Waals surface area contributed by atoms with E-state index in [0.29, 0.717) is 10.7 Å². The zero-order chi connectivity index (χ0) is 15.8. The molecule has 0 aliphatic carbocycles. The normalized spacial score (nSPS) is 13.3. The third-order valence-corrected chi connectivity index (χ3v) is 5.23. The largest absolute Gasteiger partial charge is 0.381 e. The summed E-state index contributed by atoms with van der Waals surface area (Å²) in [6.07, 6.45) is 0. The number of hydrogen-bond acceptors (Lipinski definition) is 4. The Labute approximate surface area is 129 Å². The van der Waals surface area contributed by atoms with Gasteiger partial charge in [0.05, 0.1) is 5.69 Å².